The molecule has 2 aromatic carbocycles. The third-order valence-electron chi connectivity index (χ3n) is 2.62. The third-order valence-corrected chi connectivity index (χ3v) is 2.62. The highest BCUT2D eigenvalue weighted by atomic mass is 19.4. The van der Waals surface area contributed by atoms with E-state index in [1.165, 1.54) is 18.2 Å². The molecule has 0 N–H and O–H groups in total. The van der Waals surface area contributed by atoms with Gasteiger partial charge in [0.25, 0.3) is 0 Å². The van der Waals surface area contributed by atoms with E-state index in [2.05, 4.69) is 0 Å². The van der Waals surface area contributed by atoms with Gasteiger partial charge in [-0.2, -0.15) is 0 Å². The summed E-state index contributed by atoms with van der Waals surface area (Å²) in [6, 6.07) is 7.89. The molecule has 0 aliphatic rings. The highest BCUT2D eigenvalue weighted by Crippen LogP contribution is 2.18. The number of halogens is 5. The van der Waals surface area contributed by atoms with Gasteiger partial charge in [-0.3, -0.25) is 0 Å². The van der Waals surface area contributed by atoms with Crippen molar-refractivity contribution in [3.63, 3.8) is 0 Å². The molecule has 0 amide bonds. The van der Waals surface area contributed by atoms with Gasteiger partial charge in [0.2, 0.25) is 0 Å². The minimum atomic E-state index is -5.39. The SMILES string of the molecule is Fc1cccc(COc2ccc([B-](F)(F)F)c(F)c2)c1. The lowest BCUT2D eigenvalue weighted by Crippen LogP contribution is -2.36. The van der Waals surface area contributed by atoms with E-state index in [1.54, 1.807) is 6.07 Å². The molecule has 2 rings (SSSR count). The van der Waals surface area contributed by atoms with Crippen molar-refractivity contribution in [1.82, 2.24) is 0 Å². The standard InChI is InChI=1S/C13H9BF5O/c15-10-3-1-2-9(6-10)8-20-11-4-5-12(13(16)7-11)14(17,18)19/h1-7H,8H2/q-1. The molecule has 1 nitrogen and oxygen atoms in total. The van der Waals surface area contributed by atoms with E-state index in [0.29, 0.717) is 17.7 Å². The topological polar surface area (TPSA) is 9.23 Å². The van der Waals surface area contributed by atoms with E-state index >= 15 is 0 Å². The Labute approximate surface area is 112 Å². The van der Waals surface area contributed by atoms with Crippen molar-refractivity contribution in [3.05, 3.63) is 59.7 Å². The number of benzene rings is 2. The van der Waals surface area contributed by atoms with Gasteiger partial charge in [0.1, 0.15) is 18.2 Å². The van der Waals surface area contributed by atoms with Crippen LogP contribution in [0.15, 0.2) is 42.5 Å². The number of hydrogen-bond acceptors (Lipinski definition) is 1. The lowest BCUT2D eigenvalue weighted by molar-refractivity contribution is 0.304. The highest BCUT2D eigenvalue weighted by molar-refractivity contribution is 6.73. The lowest BCUT2D eigenvalue weighted by Gasteiger charge is -2.16. The molecule has 0 spiro atoms. The molecule has 0 fully saturated rings. The molecule has 0 aromatic heterocycles. The molecule has 0 saturated heterocycles. The van der Waals surface area contributed by atoms with Gasteiger partial charge < -0.3 is 17.7 Å². The van der Waals surface area contributed by atoms with Crippen molar-refractivity contribution >= 4 is 12.4 Å². The van der Waals surface area contributed by atoms with Crippen LogP contribution < -0.4 is 10.2 Å². The van der Waals surface area contributed by atoms with Crippen molar-refractivity contribution in [3.8, 4) is 5.75 Å². The maximum absolute atomic E-state index is 13.3. The second-order valence-corrected chi connectivity index (χ2v) is 4.18. The third kappa shape index (κ3) is 3.49. The average molecular weight is 287 g/mol. The van der Waals surface area contributed by atoms with Crippen LogP contribution in [0.1, 0.15) is 5.56 Å². The van der Waals surface area contributed by atoms with Gasteiger partial charge in [-0.1, -0.05) is 23.7 Å². The monoisotopic (exact) mass is 287 g/mol. The maximum Gasteiger partial charge on any atom is 0.512 e. The fourth-order valence-electron chi connectivity index (χ4n) is 1.66. The Balaban J connectivity index is 2.10. The zero-order chi connectivity index (χ0) is 14.8. The summed E-state index contributed by atoms with van der Waals surface area (Å²) in [5, 5.41) is 0. The summed E-state index contributed by atoms with van der Waals surface area (Å²) < 4.78 is 68.6. The molecule has 0 heterocycles. The van der Waals surface area contributed by atoms with E-state index in [1.807, 2.05) is 0 Å². The Hall–Kier alpha value is -2.05. The number of ether oxygens (including phenoxy) is 1. The minimum Gasteiger partial charge on any atom is -0.489 e. The second-order valence-electron chi connectivity index (χ2n) is 4.18. The first-order valence-electron chi connectivity index (χ1n) is 5.73. The van der Waals surface area contributed by atoms with E-state index in [0.717, 1.165) is 6.07 Å². The lowest BCUT2D eigenvalue weighted by atomic mass is 9.80. The largest absolute Gasteiger partial charge is 0.512 e. The fourth-order valence-corrected chi connectivity index (χ4v) is 1.66. The van der Waals surface area contributed by atoms with Gasteiger partial charge >= 0.3 is 6.98 Å². The quantitative estimate of drug-likeness (QED) is 0.616. The summed E-state index contributed by atoms with van der Waals surface area (Å²) in [5.41, 5.74) is -0.794. The molecule has 106 valence electrons. The molecule has 0 aliphatic heterocycles. The van der Waals surface area contributed by atoms with Gasteiger partial charge in [-0.15, -0.1) is 0 Å². The number of rotatable bonds is 4. The fraction of sp³-hybridized carbons (Fsp3) is 0.0769. The summed E-state index contributed by atoms with van der Waals surface area (Å²) >= 11 is 0. The van der Waals surface area contributed by atoms with Crippen molar-refractivity contribution in [1.29, 1.82) is 0 Å². The molecule has 7 heteroatoms. The van der Waals surface area contributed by atoms with E-state index in [4.69, 9.17) is 4.74 Å². The van der Waals surface area contributed by atoms with Gasteiger partial charge in [-0.05, 0) is 23.8 Å². The maximum atomic E-state index is 13.3. The zero-order valence-electron chi connectivity index (χ0n) is 10.1. The van der Waals surface area contributed by atoms with Gasteiger partial charge in [-0.25, -0.2) is 8.78 Å². The molecule has 0 bridgehead atoms. The Morgan fingerprint density at radius 3 is 2.30 bits per heavy atom. The van der Waals surface area contributed by atoms with Gasteiger partial charge in [0.15, 0.2) is 0 Å². The van der Waals surface area contributed by atoms with Crippen LogP contribution in [-0.4, -0.2) is 6.98 Å². The van der Waals surface area contributed by atoms with E-state index < -0.39 is 24.1 Å². The molecular formula is C13H9BF5O-. The smallest absolute Gasteiger partial charge is 0.489 e. The Morgan fingerprint density at radius 1 is 0.950 bits per heavy atom. The van der Waals surface area contributed by atoms with Crippen molar-refractivity contribution in [2.75, 3.05) is 0 Å². The molecule has 20 heavy (non-hydrogen) atoms. The predicted molar refractivity (Wildman–Crippen MR) is 65.8 cm³/mol. The Bertz CT molecular complexity index is 612. The van der Waals surface area contributed by atoms with E-state index in [9.17, 15) is 21.7 Å². The highest BCUT2D eigenvalue weighted by Gasteiger charge is 2.28. The second kappa shape index (κ2) is 5.52. The minimum absolute atomic E-state index is 0.0458. The van der Waals surface area contributed by atoms with Crippen molar-refractivity contribution in [2.24, 2.45) is 0 Å². The Morgan fingerprint density at radius 2 is 1.70 bits per heavy atom. The summed E-state index contributed by atoms with van der Waals surface area (Å²) in [7, 11) is 0. The van der Waals surface area contributed by atoms with Gasteiger partial charge in [0.05, 0.1) is 5.82 Å². The normalized spacial score (nSPS) is 11.4. The first kappa shape index (κ1) is 14.4. The van der Waals surface area contributed by atoms with E-state index in [-0.39, 0.29) is 12.4 Å². The summed E-state index contributed by atoms with van der Waals surface area (Å²) in [6.07, 6.45) is 0. The van der Waals surface area contributed by atoms with Crippen LogP contribution in [0.5, 0.6) is 5.75 Å². The summed E-state index contributed by atoms with van der Waals surface area (Å²) in [5.74, 6) is -1.88. The molecule has 2 aromatic rings. The van der Waals surface area contributed by atoms with Crippen LogP contribution in [-0.2, 0) is 6.61 Å². The summed E-state index contributed by atoms with van der Waals surface area (Å²) in [6.45, 7) is -5.45. The predicted octanol–water partition coefficient (Wildman–Crippen LogP) is 3.60. The summed E-state index contributed by atoms with van der Waals surface area (Å²) in [4.78, 5) is 0. The average Bonchev–Trinajstić information content (AvgIpc) is 2.35. The van der Waals surface area contributed by atoms with Crippen molar-refractivity contribution in [2.45, 2.75) is 6.61 Å². The van der Waals surface area contributed by atoms with Crippen LogP contribution in [0.2, 0.25) is 0 Å². The zero-order valence-corrected chi connectivity index (χ0v) is 10.1. The van der Waals surface area contributed by atoms with Gasteiger partial charge in [0, 0.05) is 6.07 Å². The molecule has 0 aliphatic carbocycles. The molecule has 0 unspecified atom stereocenters. The van der Waals surface area contributed by atoms with Crippen LogP contribution in [0.25, 0.3) is 0 Å². The van der Waals surface area contributed by atoms with Crippen LogP contribution >= 0.6 is 0 Å². The number of hydrogen-bond donors (Lipinski definition) is 0. The first-order valence-corrected chi connectivity index (χ1v) is 5.73. The van der Waals surface area contributed by atoms with Crippen LogP contribution in [0.4, 0.5) is 21.7 Å². The van der Waals surface area contributed by atoms with Crippen LogP contribution in [0.3, 0.4) is 0 Å². The Kier molecular flexibility index (Phi) is 3.97. The van der Waals surface area contributed by atoms with Crippen molar-refractivity contribution < 1.29 is 26.5 Å². The van der Waals surface area contributed by atoms with Crippen LogP contribution in [0, 0.1) is 11.6 Å². The molecule has 0 atom stereocenters. The molecule has 0 saturated carbocycles. The molecular weight excluding hydrogens is 278 g/mol. The first-order chi connectivity index (χ1) is 9.36. The molecule has 0 radical (unpaired) electrons.